The van der Waals surface area contributed by atoms with Crippen molar-refractivity contribution >= 4 is 48.5 Å². The number of alkyl halides is 3. The Morgan fingerprint density at radius 1 is 0.828 bits per heavy atom. The van der Waals surface area contributed by atoms with E-state index in [4.69, 9.17) is 0 Å². The van der Waals surface area contributed by atoms with E-state index in [2.05, 4.69) is 25.9 Å². The molecule has 7 heteroatoms. The molecular formula is C22H11BrF4N2. The van der Waals surface area contributed by atoms with E-state index in [9.17, 15) is 17.6 Å². The number of hydrogen-bond donors (Lipinski definition) is 1. The number of rotatable bonds is 1. The number of hydrogen-bond acceptors (Lipinski definition) is 1. The van der Waals surface area contributed by atoms with Gasteiger partial charge in [-0.05, 0) is 35.0 Å². The van der Waals surface area contributed by atoms with Gasteiger partial charge in [-0.3, -0.25) is 0 Å². The summed E-state index contributed by atoms with van der Waals surface area (Å²) in [6.07, 6.45) is -4.70. The lowest BCUT2D eigenvalue weighted by Crippen LogP contribution is -2.08. The van der Waals surface area contributed by atoms with Crippen molar-refractivity contribution in [2.75, 3.05) is 0 Å². The predicted octanol–water partition coefficient (Wildman–Crippen LogP) is 7.46. The average molecular weight is 459 g/mol. The van der Waals surface area contributed by atoms with Gasteiger partial charge in [-0.1, -0.05) is 52.3 Å². The molecule has 0 amide bonds. The van der Waals surface area contributed by atoms with Gasteiger partial charge in [0.15, 0.2) is 0 Å². The maximum atomic E-state index is 14.5. The lowest BCUT2D eigenvalue weighted by molar-refractivity contribution is -0.137. The van der Waals surface area contributed by atoms with E-state index in [0.717, 1.165) is 44.2 Å². The molecule has 0 spiro atoms. The maximum Gasteiger partial charge on any atom is 0.417 e. The quantitative estimate of drug-likeness (QED) is 0.205. The number of nitrogens with one attached hydrogen (secondary N) is 1. The number of imidazole rings is 1. The Hall–Kier alpha value is -2.93. The first kappa shape index (κ1) is 18.1. The average Bonchev–Trinajstić information content (AvgIpc) is 3.12. The maximum absolute atomic E-state index is 14.5. The first-order valence-corrected chi connectivity index (χ1v) is 9.49. The van der Waals surface area contributed by atoms with Crippen LogP contribution in [0.2, 0.25) is 0 Å². The fourth-order valence-corrected chi connectivity index (χ4v) is 4.13. The summed E-state index contributed by atoms with van der Waals surface area (Å²) in [7, 11) is 0. The van der Waals surface area contributed by atoms with Crippen molar-refractivity contribution in [3.8, 4) is 11.4 Å². The van der Waals surface area contributed by atoms with Crippen LogP contribution < -0.4 is 0 Å². The van der Waals surface area contributed by atoms with Crippen LogP contribution in [0.1, 0.15) is 5.56 Å². The van der Waals surface area contributed by atoms with Crippen LogP contribution in [-0.2, 0) is 6.18 Å². The van der Waals surface area contributed by atoms with Crippen LogP contribution in [0.25, 0.3) is 44.0 Å². The van der Waals surface area contributed by atoms with Crippen molar-refractivity contribution in [2.45, 2.75) is 6.18 Å². The van der Waals surface area contributed by atoms with Crippen LogP contribution in [0.5, 0.6) is 0 Å². The SMILES string of the molecule is Fc1cccc(C(F)(F)F)c1-c1nc2c3ccccc3c3cc(Br)ccc3c2[nH]1. The Balaban J connectivity index is 1.94. The van der Waals surface area contributed by atoms with Crippen LogP contribution in [0, 0.1) is 5.82 Å². The fraction of sp³-hybridized carbons (Fsp3) is 0.0455. The summed E-state index contributed by atoms with van der Waals surface area (Å²) in [5.74, 6) is -1.12. The van der Waals surface area contributed by atoms with Crippen LogP contribution in [0.4, 0.5) is 17.6 Å². The van der Waals surface area contributed by atoms with E-state index in [1.54, 1.807) is 0 Å². The monoisotopic (exact) mass is 458 g/mol. The second kappa shape index (κ2) is 6.29. The zero-order chi connectivity index (χ0) is 20.3. The molecule has 1 N–H and O–H groups in total. The third kappa shape index (κ3) is 2.80. The van der Waals surface area contributed by atoms with Gasteiger partial charge in [-0.15, -0.1) is 0 Å². The summed E-state index contributed by atoms with van der Waals surface area (Å²) >= 11 is 3.46. The number of aromatic nitrogens is 2. The fourth-order valence-electron chi connectivity index (χ4n) is 3.76. The molecule has 5 aromatic rings. The molecule has 2 nitrogen and oxygen atoms in total. The molecule has 0 saturated carbocycles. The predicted molar refractivity (Wildman–Crippen MR) is 109 cm³/mol. The van der Waals surface area contributed by atoms with Crippen LogP contribution in [-0.4, -0.2) is 9.97 Å². The summed E-state index contributed by atoms with van der Waals surface area (Å²) in [4.78, 5) is 7.36. The van der Waals surface area contributed by atoms with Gasteiger partial charge in [0.2, 0.25) is 0 Å². The minimum Gasteiger partial charge on any atom is -0.337 e. The van der Waals surface area contributed by atoms with Gasteiger partial charge in [-0.2, -0.15) is 13.2 Å². The van der Waals surface area contributed by atoms with E-state index in [-0.39, 0.29) is 5.82 Å². The van der Waals surface area contributed by atoms with Crippen molar-refractivity contribution in [3.63, 3.8) is 0 Å². The molecule has 29 heavy (non-hydrogen) atoms. The lowest BCUT2D eigenvalue weighted by atomic mass is 10.0. The molecule has 1 aromatic heterocycles. The third-order valence-electron chi connectivity index (χ3n) is 4.98. The largest absolute Gasteiger partial charge is 0.417 e. The molecule has 0 radical (unpaired) electrons. The molecule has 144 valence electrons. The molecule has 4 aromatic carbocycles. The Bertz CT molecular complexity index is 1420. The van der Waals surface area contributed by atoms with Gasteiger partial charge in [0, 0.05) is 15.2 Å². The Morgan fingerprint density at radius 2 is 1.59 bits per heavy atom. The Morgan fingerprint density at radius 3 is 2.34 bits per heavy atom. The normalized spacial score (nSPS) is 12.3. The van der Waals surface area contributed by atoms with Crippen molar-refractivity contribution in [3.05, 3.63) is 76.5 Å². The number of fused-ring (bicyclic) bond motifs is 6. The van der Waals surface area contributed by atoms with Crippen molar-refractivity contribution in [2.24, 2.45) is 0 Å². The van der Waals surface area contributed by atoms with Gasteiger partial charge < -0.3 is 4.98 Å². The first-order chi connectivity index (χ1) is 13.8. The molecule has 0 atom stereocenters. The molecule has 1 heterocycles. The zero-order valence-electron chi connectivity index (χ0n) is 14.6. The number of nitrogens with zero attached hydrogens (tertiary/aromatic N) is 1. The highest BCUT2D eigenvalue weighted by Gasteiger charge is 2.36. The second-order valence-electron chi connectivity index (χ2n) is 6.70. The van der Waals surface area contributed by atoms with Gasteiger partial charge in [0.1, 0.15) is 11.6 Å². The third-order valence-corrected chi connectivity index (χ3v) is 5.48. The summed E-state index contributed by atoms with van der Waals surface area (Å²) in [5.41, 5.74) is -0.571. The molecule has 0 fully saturated rings. The molecule has 0 aliphatic heterocycles. The van der Waals surface area contributed by atoms with Gasteiger partial charge in [0.25, 0.3) is 0 Å². The van der Waals surface area contributed by atoms with E-state index < -0.39 is 23.1 Å². The number of H-pyrrole nitrogens is 1. The highest BCUT2D eigenvalue weighted by atomic mass is 79.9. The van der Waals surface area contributed by atoms with Crippen molar-refractivity contribution < 1.29 is 17.6 Å². The second-order valence-corrected chi connectivity index (χ2v) is 7.62. The minimum absolute atomic E-state index is 0.147. The van der Waals surface area contributed by atoms with Crippen molar-refractivity contribution in [1.29, 1.82) is 0 Å². The van der Waals surface area contributed by atoms with E-state index in [1.165, 1.54) is 0 Å². The highest BCUT2D eigenvalue weighted by Crippen LogP contribution is 2.40. The van der Waals surface area contributed by atoms with E-state index in [0.29, 0.717) is 11.0 Å². The summed E-state index contributed by atoms with van der Waals surface area (Å²) in [6, 6.07) is 16.1. The van der Waals surface area contributed by atoms with Crippen LogP contribution in [0.15, 0.2) is 65.1 Å². The highest BCUT2D eigenvalue weighted by molar-refractivity contribution is 9.10. The minimum atomic E-state index is -4.70. The molecule has 0 aliphatic rings. The van der Waals surface area contributed by atoms with Crippen molar-refractivity contribution in [1.82, 2.24) is 9.97 Å². The first-order valence-electron chi connectivity index (χ1n) is 8.70. The summed E-state index contributed by atoms with van der Waals surface area (Å²) in [6.45, 7) is 0. The standard InChI is InChI=1S/C22H11BrF4N2/c23-11-8-9-14-15(10-11)12-4-1-2-5-13(12)19-20(14)29-21(28-19)18-16(22(25,26)27)6-3-7-17(18)24/h1-10H,(H,28,29). The molecular weight excluding hydrogens is 448 g/mol. The molecule has 0 bridgehead atoms. The van der Waals surface area contributed by atoms with Gasteiger partial charge in [-0.25, -0.2) is 9.37 Å². The topological polar surface area (TPSA) is 28.7 Å². The van der Waals surface area contributed by atoms with Crippen LogP contribution in [0.3, 0.4) is 0 Å². The Labute approximate surface area is 170 Å². The zero-order valence-corrected chi connectivity index (χ0v) is 16.2. The van der Waals surface area contributed by atoms with Gasteiger partial charge >= 0.3 is 6.18 Å². The Kier molecular flexibility index (Phi) is 3.93. The summed E-state index contributed by atoms with van der Waals surface area (Å²) < 4.78 is 55.9. The van der Waals surface area contributed by atoms with Gasteiger partial charge in [0.05, 0.1) is 22.2 Å². The smallest absolute Gasteiger partial charge is 0.337 e. The van der Waals surface area contributed by atoms with Crippen LogP contribution >= 0.6 is 15.9 Å². The lowest BCUT2D eigenvalue weighted by Gasteiger charge is -2.11. The summed E-state index contributed by atoms with van der Waals surface area (Å²) in [5, 5.41) is 3.41. The molecule has 0 aliphatic carbocycles. The number of benzene rings is 4. The van der Waals surface area contributed by atoms with E-state index in [1.807, 2.05) is 42.5 Å². The molecule has 0 unspecified atom stereocenters. The molecule has 5 rings (SSSR count). The molecule has 0 saturated heterocycles. The number of halogens is 5. The van der Waals surface area contributed by atoms with E-state index >= 15 is 0 Å². The number of aromatic amines is 1.